The van der Waals surface area contributed by atoms with E-state index < -0.39 is 0 Å². The molecule has 194 valence electrons. The van der Waals surface area contributed by atoms with Gasteiger partial charge in [0.05, 0.1) is 29.6 Å². The van der Waals surface area contributed by atoms with E-state index >= 15 is 0 Å². The Morgan fingerprint density at radius 3 is 2.71 bits per heavy atom. The first-order valence-electron chi connectivity index (χ1n) is 12.5. The highest BCUT2D eigenvalue weighted by molar-refractivity contribution is 7.21. The van der Waals surface area contributed by atoms with E-state index in [1.165, 1.54) is 11.3 Å². The van der Waals surface area contributed by atoms with Crippen molar-refractivity contribution in [2.75, 3.05) is 30.4 Å². The lowest BCUT2D eigenvalue weighted by atomic mass is 10.1. The maximum absolute atomic E-state index is 13.6. The van der Waals surface area contributed by atoms with E-state index in [2.05, 4.69) is 20.9 Å². The average Bonchev–Trinajstić information content (AvgIpc) is 3.31. The third-order valence-electron chi connectivity index (χ3n) is 6.87. The molecule has 2 aliphatic heterocycles. The number of nitrogens with zero attached hydrogens (tertiary/aromatic N) is 2. The minimum absolute atomic E-state index is 0.0629. The summed E-state index contributed by atoms with van der Waals surface area (Å²) in [5, 5.41) is 10.2. The summed E-state index contributed by atoms with van der Waals surface area (Å²) < 4.78 is 11.4. The second-order valence-electron chi connectivity index (χ2n) is 9.28. The number of carbonyl (C=O) groups excluding carboxylic acids is 2. The number of rotatable bonds is 6. The third-order valence-corrected chi connectivity index (χ3v) is 7.96. The number of thiophene rings is 1. The van der Waals surface area contributed by atoms with Gasteiger partial charge in [-0.1, -0.05) is 6.07 Å². The average molecular weight is 530 g/mol. The predicted octanol–water partition coefficient (Wildman–Crippen LogP) is 5.57. The summed E-state index contributed by atoms with van der Waals surface area (Å²) in [4.78, 5) is 34.1. The van der Waals surface area contributed by atoms with Crippen LogP contribution in [0.1, 0.15) is 28.1 Å². The number of urea groups is 1. The van der Waals surface area contributed by atoms with E-state index in [4.69, 9.17) is 9.47 Å². The minimum atomic E-state index is -0.346. The van der Waals surface area contributed by atoms with Crippen LogP contribution in [0.4, 0.5) is 21.9 Å². The standard InChI is InChI=1S/C28H27N5O4S/c1-16-20(6-3-7-22(16)37-19-10-8-18(36-2)9-11-19)33-21-12-14-30-27-23(21)24(32-28(33)35)25(38-27)26(34)31-17-5-4-13-29-15-17/h3,6-12,14,17,29H,4-5,13,15H2,1-2H3,(H,31,34)(H,32,35). The number of pyridine rings is 1. The van der Waals surface area contributed by atoms with Crippen molar-refractivity contribution in [3.05, 3.63) is 65.2 Å². The molecule has 1 fully saturated rings. The Hall–Kier alpha value is -4.15. The van der Waals surface area contributed by atoms with Crippen LogP contribution < -0.4 is 30.3 Å². The zero-order valence-corrected chi connectivity index (χ0v) is 21.9. The van der Waals surface area contributed by atoms with Gasteiger partial charge in [0.15, 0.2) is 0 Å². The molecule has 0 saturated carbocycles. The zero-order chi connectivity index (χ0) is 26.2. The number of hydrogen-bond donors (Lipinski definition) is 3. The molecule has 3 amide bonds. The number of aromatic nitrogens is 1. The highest BCUT2D eigenvalue weighted by Crippen LogP contribution is 2.47. The van der Waals surface area contributed by atoms with Gasteiger partial charge in [0.1, 0.15) is 27.0 Å². The number of carbonyl (C=O) groups is 2. The molecule has 0 spiro atoms. The second-order valence-corrected chi connectivity index (χ2v) is 10.3. The number of ether oxygens (including phenoxy) is 2. The molecule has 2 aromatic carbocycles. The largest absolute Gasteiger partial charge is 0.497 e. The van der Waals surface area contributed by atoms with E-state index in [-0.39, 0.29) is 18.0 Å². The van der Waals surface area contributed by atoms with E-state index in [0.717, 1.165) is 42.6 Å². The molecule has 1 unspecified atom stereocenters. The van der Waals surface area contributed by atoms with Crippen LogP contribution in [0.2, 0.25) is 0 Å². The van der Waals surface area contributed by atoms with Crippen molar-refractivity contribution in [1.82, 2.24) is 15.6 Å². The molecule has 9 nitrogen and oxygen atoms in total. The molecular weight excluding hydrogens is 502 g/mol. The summed E-state index contributed by atoms with van der Waals surface area (Å²) in [6.45, 7) is 3.62. The van der Waals surface area contributed by atoms with Crippen LogP contribution in [0.5, 0.6) is 17.2 Å². The molecular formula is C28H27N5O4S. The number of piperidine rings is 1. The van der Waals surface area contributed by atoms with Gasteiger partial charge in [-0.15, -0.1) is 11.3 Å². The summed E-state index contributed by atoms with van der Waals surface area (Å²) >= 11 is 1.29. The first-order valence-corrected chi connectivity index (χ1v) is 13.3. The molecule has 4 aromatic rings. The maximum Gasteiger partial charge on any atom is 0.331 e. The summed E-state index contributed by atoms with van der Waals surface area (Å²) in [6, 6.07) is 14.4. The smallest absolute Gasteiger partial charge is 0.331 e. The topological polar surface area (TPSA) is 105 Å². The lowest BCUT2D eigenvalue weighted by Gasteiger charge is -2.30. The minimum Gasteiger partial charge on any atom is -0.497 e. The molecule has 10 heteroatoms. The molecule has 4 heterocycles. The van der Waals surface area contributed by atoms with Gasteiger partial charge >= 0.3 is 6.03 Å². The second kappa shape index (κ2) is 9.96. The molecule has 0 aliphatic carbocycles. The Bertz CT molecular complexity index is 1530. The number of hydrogen-bond acceptors (Lipinski definition) is 7. The van der Waals surface area contributed by atoms with Gasteiger partial charge in [-0.25, -0.2) is 9.78 Å². The Morgan fingerprint density at radius 2 is 1.95 bits per heavy atom. The molecule has 3 N–H and O–H groups in total. The molecule has 0 radical (unpaired) electrons. The molecule has 2 aliphatic rings. The van der Waals surface area contributed by atoms with Crippen LogP contribution in [0, 0.1) is 6.92 Å². The van der Waals surface area contributed by atoms with Crippen molar-refractivity contribution in [1.29, 1.82) is 0 Å². The van der Waals surface area contributed by atoms with Crippen LogP contribution >= 0.6 is 11.3 Å². The summed E-state index contributed by atoms with van der Waals surface area (Å²) in [6.07, 6.45) is 3.61. The van der Waals surface area contributed by atoms with Crippen LogP contribution in [0.15, 0.2) is 54.7 Å². The fourth-order valence-corrected chi connectivity index (χ4v) is 5.96. The van der Waals surface area contributed by atoms with Gasteiger partial charge in [0, 0.05) is 24.3 Å². The summed E-state index contributed by atoms with van der Waals surface area (Å²) in [5.74, 6) is 1.83. The van der Waals surface area contributed by atoms with Crippen molar-refractivity contribution in [2.45, 2.75) is 25.8 Å². The van der Waals surface area contributed by atoms with Crippen molar-refractivity contribution >= 4 is 50.6 Å². The van der Waals surface area contributed by atoms with Gasteiger partial charge in [-0.3, -0.25) is 9.69 Å². The Kier molecular flexibility index (Phi) is 6.34. The van der Waals surface area contributed by atoms with Crippen molar-refractivity contribution in [3.8, 4) is 17.2 Å². The molecule has 6 rings (SSSR count). The maximum atomic E-state index is 13.6. The molecule has 2 aromatic heterocycles. The van der Waals surface area contributed by atoms with Gasteiger partial charge in [0.25, 0.3) is 5.91 Å². The zero-order valence-electron chi connectivity index (χ0n) is 21.0. The normalized spacial score (nSPS) is 16.7. The Labute approximate surface area is 223 Å². The van der Waals surface area contributed by atoms with Gasteiger partial charge < -0.3 is 25.4 Å². The SMILES string of the molecule is COc1ccc(Oc2cccc(N3C(=O)Nc4c(C(=O)NC5CCCNC5)sc5nccc3c45)c2C)cc1. The fraction of sp³-hybridized carbons (Fsp3) is 0.250. The lowest BCUT2D eigenvalue weighted by molar-refractivity contribution is 0.0935. The molecule has 0 bridgehead atoms. The molecule has 1 atom stereocenters. The lowest BCUT2D eigenvalue weighted by Crippen LogP contribution is -2.45. The van der Waals surface area contributed by atoms with Crippen LogP contribution in [-0.4, -0.2) is 43.2 Å². The van der Waals surface area contributed by atoms with Gasteiger partial charge in [-0.05, 0) is 68.8 Å². The van der Waals surface area contributed by atoms with Crippen LogP contribution in [0.25, 0.3) is 10.2 Å². The molecule has 1 saturated heterocycles. The highest BCUT2D eigenvalue weighted by atomic mass is 32.1. The van der Waals surface area contributed by atoms with E-state index in [9.17, 15) is 9.59 Å². The number of nitrogens with one attached hydrogen (secondary N) is 3. The number of benzene rings is 2. The van der Waals surface area contributed by atoms with Gasteiger partial charge in [-0.2, -0.15) is 0 Å². The van der Waals surface area contributed by atoms with Crippen LogP contribution in [-0.2, 0) is 0 Å². The third kappa shape index (κ3) is 4.31. The predicted molar refractivity (Wildman–Crippen MR) is 148 cm³/mol. The van der Waals surface area contributed by atoms with E-state index in [1.54, 1.807) is 24.3 Å². The van der Waals surface area contributed by atoms with E-state index in [0.29, 0.717) is 38.3 Å². The quantitative estimate of drug-likeness (QED) is 0.302. The Balaban J connectivity index is 1.35. The first kappa shape index (κ1) is 24.2. The summed E-state index contributed by atoms with van der Waals surface area (Å²) in [5.41, 5.74) is 2.66. The fourth-order valence-electron chi connectivity index (χ4n) is 4.94. The Morgan fingerprint density at radius 1 is 1.13 bits per heavy atom. The number of anilines is 3. The highest BCUT2D eigenvalue weighted by Gasteiger charge is 2.34. The molecule has 38 heavy (non-hydrogen) atoms. The number of amides is 3. The van der Waals surface area contributed by atoms with Crippen LogP contribution in [0.3, 0.4) is 0 Å². The van der Waals surface area contributed by atoms with E-state index in [1.807, 2.05) is 49.4 Å². The number of methoxy groups -OCH3 is 1. The van der Waals surface area contributed by atoms with Crippen molar-refractivity contribution in [3.63, 3.8) is 0 Å². The summed E-state index contributed by atoms with van der Waals surface area (Å²) in [7, 11) is 1.62. The van der Waals surface area contributed by atoms with Crippen molar-refractivity contribution < 1.29 is 19.1 Å². The van der Waals surface area contributed by atoms with Crippen molar-refractivity contribution in [2.24, 2.45) is 0 Å². The first-order chi connectivity index (χ1) is 18.5. The van der Waals surface area contributed by atoms with Gasteiger partial charge in [0.2, 0.25) is 0 Å². The monoisotopic (exact) mass is 529 g/mol.